The SMILES string of the molecule is COc1ccc(-c2[nH]ncc2CN[C@H](C)c2ccc3c(c2)OCCO3)cc1. The second-order valence-corrected chi connectivity index (χ2v) is 6.50. The molecule has 0 bridgehead atoms. The molecule has 4 rings (SSSR count). The van der Waals surface area contributed by atoms with Gasteiger partial charge in [0.2, 0.25) is 0 Å². The summed E-state index contributed by atoms with van der Waals surface area (Å²) in [6.07, 6.45) is 1.86. The molecule has 2 N–H and O–H groups in total. The van der Waals surface area contributed by atoms with Gasteiger partial charge in [-0.15, -0.1) is 0 Å². The number of hydrogen-bond donors (Lipinski definition) is 2. The fraction of sp³-hybridized carbons (Fsp3) is 0.286. The first-order valence-electron chi connectivity index (χ1n) is 9.04. The van der Waals surface area contributed by atoms with E-state index in [9.17, 15) is 0 Å². The normalized spacial score (nSPS) is 14.0. The summed E-state index contributed by atoms with van der Waals surface area (Å²) in [6.45, 7) is 4.04. The molecule has 6 nitrogen and oxygen atoms in total. The van der Waals surface area contributed by atoms with Crippen molar-refractivity contribution in [1.29, 1.82) is 0 Å². The molecule has 1 aromatic heterocycles. The molecular weight excluding hydrogens is 342 g/mol. The van der Waals surface area contributed by atoms with Gasteiger partial charge in [-0.2, -0.15) is 5.10 Å². The second kappa shape index (κ2) is 7.72. The zero-order valence-corrected chi connectivity index (χ0v) is 15.5. The van der Waals surface area contributed by atoms with Crippen LogP contribution in [-0.4, -0.2) is 30.5 Å². The van der Waals surface area contributed by atoms with E-state index in [4.69, 9.17) is 14.2 Å². The first-order chi connectivity index (χ1) is 13.2. The molecule has 1 aliphatic rings. The number of rotatable bonds is 6. The molecule has 27 heavy (non-hydrogen) atoms. The van der Waals surface area contributed by atoms with Gasteiger partial charge >= 0.3 is 0 Å². The van der Waals surface area contributed by atoms with Crippen molar-refractivity contribution in [2.75, 3.05) is 20.3 Å². The number of hydrogen-bond acceptors (Lipinski definition) is 5. The maximum absolute atomic E-state index is 5.68. The maximum atomic E-state index is 5.68. The Labute approximate surface area is 158 Å². The van der Waals surface area contributed by atoms with E-state index < -0.39 is 0 Å². The summed E-state index contributed by atoms with van der Waals surface area (Å²) in [4.78, 5) is 0. The molecule has 140 valence electrons. The number of nitrogens with zero attached hydrogens (tertiary/aromatic N) is 1. The van der Waals surface area contributed by atoms with Crippen LogP contribution in [-0.2, 0) is 6.54 Å². The molecule has 1 atom stereocenters. The second-order valence-electron chi connectivity index (χ2n) is 6.50. The van der Waals surface area contributed by atoms with Gasteiger partial charge in [0.25, 0.3) is 0 Å². The lowest BCUT2D eigenvalue weighted by atomic mass is 10.1. The van der Waals surface area contributed by atoms with Crippen LogP contribution in [0.2, 0.25) is 0 Å². The molecule has 1 aliphatic heterocycles. The zero-order valence-electron chi connectivity index (χ0n) is 15.5. The van der Waals surface area contributed by atoms with Crippen molar-refractivity contribution in [2.45, 2.75) is 19.5 Å². The number of aromatic nitrogens is 2. The van der Waals surface area contributed by atoms with Crippen molar-refractivity contribution in [3.63, 3.8) is 0 Å². The molecular formula is C21H23N3O3. The van der Waals surface area contributed by atoms with Gasteiger partial charge in [0.1, 0.15) is 19.0 Å². The minimum absolute atomic E-state index is 0.166. The van der Waals surface area contributed by atoms with Gasteiger partial charge in [0.05, 0.1) is 19.0 Å². The van der Waals surface area contributed by atoms with Gasteiger partial charge in [-0.05, 0) is 48.9 Å². The van der Waals surface area contributed by atoms with Crippen LogP contribution in [0.3, 0.4) is 0 Å². The van der Waals surface area contributed by atoms with E-state index in [1.54, 1.807) is 7.11 Å². The summed E-state index contributed by atoms with van der Waals surface area (Å²) in [7, 11) is 1.67. The molecule has 0 spiro atoms. The van der Waals surface area contributed by atoms with Crippen LogP contribution in [0, 0.1) is 0 Å². The molecule has 6 heteroatoms. The van der Waals surface area contributed by atoms with Gasteiger partial charge in [0.15, 0.2) is 11.5 Å². The summed E-state index contributed by atoms with van der Waals surface area (Å²) in [5.41, 5.74) is 4.37. The molecule has 0 fully saturated rings. The van der Waals surface area contributed by atoms with Gasteiger partial charge in [-0.1, -0.05) is 6.07 Å². The predicted molar refractivity (Wildman–Crippen MR) is 103 cm³/mol. The van der Waals surface area contributed by atoms with E-state index in [0.717, 1.165) is 39.6 Å². The van der Waals surface area contributed by atoms with Crippen LogP contribution in [0.5, 0.6) is 17.2 Å². The van der Waals surface area contributed by atoms with Crippen molar-refractivity contribution in [3.8, 4) is 28.5 Å². The molecule has 0 aliphatic carbocycles. The van der Waals surface area contributed by atoms with Crippen LogP contribution in [0.15, 0.2) is 48.7 Å². The van der Waals surface area contributed by atoms with Gasteiger partial charge < -0.3 is 19.5 Å². The van der Waals surface area contributed by atoms with Crippen molar-refractivity contribution < 1.29 is 14.2 Å². The number of nitrogens with one attached hydrogen (secondary N) is 2. The Hall–Kier alpha value is -2.99. The average molecular weight is 365 g/mol. The van der Waals surface area contributed by atoms with E-state index >= 15 is 0 Å². The minimum Gasteiger partial charge on any atom is -0.497 e. The van der Waals surface area contributed by atoms with Crippen molar-refractivity contribution in [3.05, 3.63) is 59.8 Å². The van der Waals surface area contributed by atoms with Crippen molar-refractivity contribution in [2.24, 2.45) is 0 Å². The monoisotopic (exact) mass is 365 g/mol. The predicted octanol–water partition coefficient (Wildman–Crippen LogP) is 3.71. The Morgan fingerprint density at radius 2 is 1.89 bits per heavy atom. The van der Waals surface area contributed by atoms with E-state index in [1.165, 1.54) is 0 Å². The maximum Gasteiger partial charge on any atom is 0.161 e. The highest BCUT2D eigenvalue weighted by Crippen LogP contribution is 2.32. The first-order valence-corrected chi connectivity index (χ1v) is 9.04. The number of fused-ring (bicyclic) bond motifs is 1. The number of aromatic amines is 1. The number of ether oxygens (including phenoxy) is 3. The number of methoxy groups -OCH3 is 1. The van der Waals surface area contributed by atoms with Crippen LogP contribution in [0.1, 0.15) is 24.1 Å². The quantitative estimate of drug-likeness (QED) is 0.697. The Balaban J connectivity index is 1.45. The number of benzene rings is 2. The standard InChI is InChI=1S/C21H23N3O3/c1-14(16-5-8-19-20(11-16)27-10-9-26-19)22-12-17-13-23-24-21(17)15-3-6-18(25-2)7-4-15/h3-8,11,13-14,22H,9-10,12H2,1-2H3,(H,23,24)/t14-/m1/s1. The largest absolute Gasteiger partial charge is 0.497 e. The van der Waals surface area contributed by atoms with Gasteiger partial charge in [-0.3, -0.25) is 5.10 Å². The highest BCUT2D eigenvalue weighted by Gasteiger charge is 2.15. The summed E-state index contributed by atoms with van der Waals surface area (Å²) >= 11 is 0. The Morgan fingerprint density at radius 3 is 2.67 bits per heavy atom. The molecule has 3 aromatic rings. The summed E-state index contributed by atoms with van der Waals surface area (Å²) in [5.74, 6) is 2.47. The Kier molecular flexibility index (Phi) is 4.98. The molecule has 0 saturated heterocycles. The lowest BCUT2D eigenvalue weighted by Gasteiger charge is -2.21. The van der Waals surface area contributed by atoms with Gasteiger partial charge in [0, 0.05) is 23.7 Å². The summed E-state index contributed by atoms with van der Waals surface area (Å²) < 4.78 is 16.5. The molecule has 2 heterocycles. The average Bonchev–Trinajstić information content (AvgIpc) is 3.20. The third kappa shape index (κ3) is 3.75. The molecule has 0 unspecified atom stereocenters. The highest BCUT2D eigenvalue weighted by molar-refractivity contribution is 5.63. The molecule has 0 saturated carbocycles. The third-order valence-corrected chi connectivity index (χ3v) is 4.76. The van der Waals surface area contributed by atoms with E-state index in [0.29, 0.717) is 19.8 Å². The third-order valence-electron chi connectivity index (χ3n) is 4.76. The summed E-state index contributed by atoms with van der Waals surface area (Å²) in [5, 5.41) is 10.9. The van der Waals surface area contributed by atoms with Crippen LogP contribution in [0.4, 0.5) is 0 Å². The first kappa shape index (κ1) is 17.4. The van der Waals surface area contributed by atoms with Crippen LogP contribution >= 0.6 is 0 Å². The highest BCUT2D eigenvalue weighted by atomic mass is 16.6. The summed E-state index contributed by atoms with van der Waals surface area (Å²) in [6, 6.07) is 14.2. The Morgan fingerprint density at radius 1 is 1.11 bits per heavy atom. The lowest BCUT2D eigenvalue weighted by molar-refractivity contribution is 0.171. The zero-order chi connectivity index (χ0) is 18.6. The van der Waals surface area contributed by atoms with Crippen molar-refractivity contribution in [1.82, 2.24) is 15.5 Å². The lowest BCUT2D eigenvalue weighted by Crippen LogP contribution is -2.19. The minimum atomic E-state index is 0.166. The number of H-pyrrole nitrogens is 1. The van der Waals surface area contributed by atoms with E-state index in [2.05, 4.69) is 28.5 Å². The fourth-order valence-corrected chi connectivity index (χ4v) is 3.16. The van der Waals surface area contributed by atoms with E-state index in [1.807, 2.05) is 42.6 Å². The topological polar surface area (TPSA) is 68.4 Å². The fourth-order valence-electron chi connectivity index (χ4n) is 3.16. The molecule has 0 radical (unpaired) electrons. The van der Waals surface area contributed by atoms with Gasteiger partial charge in [-0.25, -0.2) is 0 Å². The Bertz CT molecular complexity index is 905. The smallest absolute Gasteiger partial charge is 0.161 e. The van der Waals surface area contributed by atoms with E-state index in [-0.39, 0.29) is 6.04 Å². The van der Waals surface area contributed by atoms with Crippen molar-refractivity contribution >= 4 is 0 Å². The molecule has 2 aromatic carbocycles. The molecule has 0 amide bonds. The van der Waals surface area contributed by atoms with Crippen LogP contribution in [0.25, 0.3) is 11.3 Å². The van der Waals surface area contributed by atoms with Crippen LogP contribution < -0.4 is 19.5 Å².